The number of fused-ring (bicyclic) bond motifs is 2. The van der Waals surface area contributed by atoms with Gasteiger partial charge in [0.1, 0.15) is 11.2 Å². The predicted octanol–water partition coefficient (Wildman–Crippen LogP) is 5.26. The summed E-state index contributed by atoms with van der Waals surface area (Å²) >= 11 is 2.45. The molecule has 0 spiro atoms. The number of halogens is 1. The average Bonchev–Trinajstić information content (AvgIpc) is 2.62. The van der Waals surface area contributed by atoms with E-state index in [2.05, 4.69) is 56.5 Å². The summed E-state index contributed by atoms with van der Waals surface area (Å²) in [5, 5.41) is 0.0702. The van der Waals surface area contributed by atoms with Crippen molar-refractivity contribution in [1.29, 1.82) is 0 Å². The Hall–Kier alpha value is -0.153. The summed E-state index contributed by atoms with van der Waals surface area (Å²) in [6.07, 6.45) is 2.67. The Morgan fingerprint density at radius 3 is 2.36 bits per heavy atom. The van der Waals surface area contributed by atoms with Gasteiger partial charge in [-0.05, 0) is 51.7 Å². The van der Waals surface area contributed by atoms with E-state index in [1.807, 2.05) is 20.8 Å². The predicted molar refractivity (Wildman–Crippen MR) is 121 cm³/mol. The van der Waals surface area contributed by atoms with E-state index in [4.69, 9.17) is 13.9 Å². The van der Waals surface area contributed by atoms with Gasteiger partial charge in [-0.1, -0.05) is 43.4 Å². The van der Waals surface area contributed by atoms with E-state index in [1.165, 1.54) is 0 Å². The van der Waals surface area contributed by atoms with Crippen molar-refractivity contribution >= 4 is 42.8 Å². The van der Waals surface area contributed by atoms with Gasteiger partial charge in [0.2, 0.25) is 0 Å². The Labute approximate surface area is 184 Å². The second-order valence-electron chi connectivity index (χ2n) is 10.9. The Bertz CT molecular complexity index is 607. The topological polar surface area (TPSA) is 61.8 Å². The third-order valence-corrected chi connectivity index (χ3v) is 12.0. The highest BCUT2D eigenvalue weighted by molar-refractivity contribution is 14.1. The smallest absolute Gasteiger partial charge is 0.310 e. The minimum Gasteiger partial charge on any atom is -0.460 e. The lowest BCUT2D eigenvalue weighted by molar-refractivity contribution is -0.162. The summed E-state index contributed by atoms with van der Waals surface area (Å²) in [6, 6.07) is 0. The van der Waals surface area contributed by atoms with Gasteiger partial charge in [0.05, 0.1) is 18.9 Å². The van der Waals surface area contributed by atoms with Crippen molar-refractivity contribution in [2.75, 3.05) is 6.61 Å². The van der Waals surface area contributed by atoms with Gasteiger partial charge >= 0.3 is 11.9 Å². The van der Waals surface area contributed by atoms with Crippen molar-refractivity contribution in [2.24, 2.45) is 11.8 Å². The van der Waals surface area contributed by atoms with E-state index < -0.39 is 19.5 Å². The molecular formula is C21H37IO5Si. The van der Waals surface area contributed by atoms with Crippen LogP contribution in [0.5, 0.6) is 0 Å². The van der Waals surface area contributed by atoms with Crippen LogP contribution in [0, 0.1) is 11.8 Å². The SMILES string of the molecule is CC(C)(C)OC(=O)C[C@@H]1[C@@H]2CC[C@@H](I)C[C@@]1(CO[Si](C)(C)C(C)(C)C)OC2=O. The molecule has 4 atom stereocenters. The van der Waals surface area contributed by atoms with Crippen LogP contribution in [0.15, 0.2) is 0 Å². The van der Waals surface area contributed by atoms with Crippen molar-refractivity contribution in [3.05, 3.63) is 0 Å². The van der Waals surface area contributed by atoms with E-state index in [0.717, 1.165) is 19.3 Å². The summed E-state index contributed by atoms with van der Waals surface area (Å²) < 4.78 is 18.5. The van der Waals surface area contributed by atoms with Gasteiger partial charge in [0.15, 0.2) is 8.32 Å². The molecule has 162 valence electrons. The normalized spacial score (nSPS) is 31.3. The van der Waals surface area contributed by atoms with Gasteiger partial charge in [-0.25, -0.2) is 0 Å². The highest BCUT2D eigenvalue weighted by atomic mass is 127. The lowest BCUT2D eigenvalue weighted by Crippen LogP contribution is -2.50. The van der Waals surface area contributed by atoms with Crippen LogP contribution in [0.1, 0.15) is 67.2 Å². The van der Waals surface area contributed by atoms with Crippen molar-refractivity contribution in [1.82, 2.24) is 0 Å². The van der Waals surface area contributed by atoms with Crippen molar-refractivity contribution in [3.63, 3.8) is 0 Å². The number of alkyl halides is 1. The molecule has 0 N–H and O–H groups in total. The molecule has 0 unspecified atom stereocenters. The Kier molecular flexibility index (Phi) is 7.04. The first kappa shape index (κ1) is 24.1. The fraction of sp³-hybridized carbons (Fsp3) is 0.905. The molecule has 0 aromatic carbocycles. The maximum Gasteiger partial charge on any atom is 0.310 e. The van der Waals surface area contributed by atoms with E-state index >= 15 is 0 Å². The van der Waals surface area contributed by atoms with Crippen LogP contribution in [-0.2, 0) is 23.5 Å². The maximum absolute atomic E-state index is 12.7. The van der Waals surface area contributed by atoms with Crippen LogP contribution in [0.4, 0.5) is 0 Å². The molecule has 1 aliphatic carbocycles. The van der Waals surface area contributed by atoms with Gasteiger partial charge in [0, 0.05) is 16.3 Å². The fourth-order valence-corrected chi connectivity index (χ4v) is 5.98. The number of rotatable bonds is 5. The fourth-order valence-electron chi connectivity index (χ4n) is 3.84. The van der Waals surface area contributed by atoms with Crippen molar-refractivity contribution in [2.45, 2.75) is 100 Å². The minimum atomic E-state index is -2.01. The molecule has 7 heteroatoms. The number of ether oxygens (including phenoxy) is 2. The van der Waals surface area contributed by atoms with Crippen LogP contribution in [0.3, 0.4) is 0 Å². The zero-order valence-electron chi connectivity index (χ0n) is 18.7. The summed E-state index contributed by atoms with van der Waals surface area (Å²) in [5.74, 6) is -0.852. The first-order chi connectivity index (χ1) is 12.6. The van der Waals surface area contributed by atoms with Gasteiger partial charge < -0.3 is 13.9 Å². The Balaban J connectivity index is 2.29. The summed E-state index contributed by atoms with van der Waals surface area (Å²) in [5.41, 5.74) is -1.27. The monoisotopic (exact) mass is 524 g/mol. The molecular weight excluding hydrogens is 487 g/mol. The zero-order chi connectivity index (χ0) is 21.5. The standard InChI is InChI=1S/C21H37IO5Si/c1-19(2,3)26-17(23)11-16-15-10-9-14(22)12-21(16,27-18(15)24)13-25-28(7,8)20(4,5)6/h14-16H,9-13H2,1-8H3/t14-,15+,16-,21+/m1/s1. The van der Waals surface area contributed by atoms with E-state index in [-0.39, 0.29) is 35.2 Å². The summed E-state index contributed by atoms with van der Waals surface area (Å²) in [4.78, 5) is 25.3. The molecule has 28 heavy (non-hydrogen) atoms. The number of esters is 2. The van der Waals surface area contributed by atoms with Crippen LogP contribution in [0.25, 0.3) is 0 Å². The average molecular weight is 525 g/mol. The quantitative estimate of drug-likeness (QED) is 0.213. The summed E-state index contributed by atoms with van der Waals surface area (Å²) in [7, 11) is -2.01. The molecule has 0 aromatic rings. The van der Waals surface area contributed by atoms with Crippen molar-refractivity contribution in [3.8, 4) is 0 Å². The van der Waals surface area contributed by atoms with Crippen LogP contribution < -0.4 is 0 Å². The third kappa shape index (κ3) is 5.50. The molecule has 1 aliphatic heterocycles. The molecule has 2 bridgehead atoms. The van der Waals surface area contributed by atoms with Crippen LogP contribution in [0.2, 0.25) is 18.1 Å². The molecule has 5 nitrogen and oxygen atoms in total. The molecule has 0 amide bonds. The third-order valence-electron chi connectivity index (χ3n) is 6.42. The molecule has 2 fully saturated rings. The van der Waals surface area contributed by atoms with Crippen LogP contribution in [-0.4, -0.2) is 42.0 Å². The van der Waals surface area contributed by atoms with Gasteiger partial charge in [-0.3, -0.25) is 9.59 Å². The minimum absolute atomic E-state index is 0.0702. The van der Waals surface area contributed by atoms with E-state index in [9.17, 15) is 9.59 Å². The largest absolute Gasteiger partial charge is 0.460 e. The Morgan fingerprint density at radius 2 is 1.82 bits per heavy atom. The molecule has 1 saturated heterocycles. The van der Waals surface area contributed by atoms with Gasteiger partial charge in [-0.2, -0.15) is 0 Å². The van der Waals surface area contributed by atoms with Crippen LogP contribution >= 0.6 is 22.6 Å². The number of hydrogen-bond acceptors (Lipinski definition) is 5. The first-order valence-corrected chi connectivity index (χ1v) is 14.4. The number of hydrogen-bond donors (Lipinski definition) is 0. The van der Waals surface area contributed by atoms with E-state index in [0.29, 0.717) is 10.5 Å². The second-order valence-corrected chi connectivity index (χ2v) is 17.5. The molecule has 2 aliphatic rings. The lowest BCUT2D eigenvalue weighted by Gasteiger charge is -2.41. The second kappa shape index (κ2) is 8.17. The first-order valence-electron chi connectivity index (χ1n) is 10.3. The van der Waals surface area contributed by atoms with Gasteiger partial charge in [0.25, 0.3) is 0 Å². The number of carbonyl (C=O) groups excluding carboxylic acids is 2. The molecule has 2 rings (SSSR count). The van der Waals surface area contributed by atoms with Gasteiger partial charge in [-0.15, -0.1) is 0 Å². The van der Waals surface area contributed by atoms with Crippen molar-refractivity contribution < 1.29 is 23.5 Å². The molecule has 0 aromatic heterocycles. The number of carbonyl (C=O) groups is 2. The highest BCUT2D eigenvalue weighted by Gasteiger charge is 2.59. The maximum atomic E-state index is 12.7. The van der Waals surface area contributed by atoms with E-state index in [1.54, 1.807) is 0 Å². The molecule has 0 radical (unpaired) electrons. The summed E-state index contributed by atoms with van der Waals surface area (Å²) in [6.45, 7) is 17.0. The highest BCUT2D eigenvalue weighted by Crippen LogP contribution is 2.50. The lowest BCUT2D eigenvalue weighted by atomic mass is 9.78. The Morgan fingerprint density at radius 1 is 1.21 bits per heavy atom. The molecule has 1 saturated carbocycles. The zero-order valence-corrected chi connectivity index (χ0v) is 21.8. The molecule has 1 heterocycles.